The number of amides is 3. The van der Waals surface area contributed by atoms with E-state index in [1.54, 1.807) is 47.4 Å². The van der Waals surface area contributed by atoms with Gasteiger partial charge in [0.15, 0.2) is 0 Å². The molecule has 1 heterocycles. The van der Waals surface area contributed by atoms with Crippen LogP contribution in [0.25, 0.3) is 0 Å². The van der Waals surface area contributed by atoms with Gasteiger partial charge in [0, 0.05) is 37.3 Å². The smallest absolute Gasteiger partial charge is 0.255 e. The first-order chi connectivity index (χ1) is 13.4. The molecule has 7 nitrogen and oxygen atoms in total. The highest BCUT2D eigenvalue weighted by atomic mass is 16.3. The minimum absolute atomic E-state index is 0.0494. The van der Waals surface area contributed by atoms with E-state index in [1.807, 2.05) is 0 Å². The zero-order chi connectivity index (χ0) is 20.1. The summed E-state index contributed by atoms with van der Waals surface area (Å²) in [5.74, 6) is -0.652. The fourth-order valence-corrected chi connectivity index (χ4v) is 3.27. The molecule has 146 valence electrons. The van der Waals surface area contributed by atoms with Crippen molar-refractivity contribution in [2.45, 2.75) is 25.8 Å². The monoisotopic (exact) mass is 381 g/mol. The predicted octanol–water partition coefficient (Wildman–Crippen LogP) is 2.39. The lowest BCUT2D eigenvalue weighted by Crippen LogP contribution is -2.46. The Balaban J connectivity index is 1.56. The first-order valence-electron chi connectivity index (χ1n) is 9.20. The summed E-state index contributed by atoms with van der Waals surface area (Å²) in [5, 5.41) is 15.4. The van der Waals surface area contributed by atoms with Gasteiger partial charge in [0.05, 0.1) is 5.56 Å². The highest BCUT2D eigenvalue weighted by Gasteiger charge is 2.25. The maximum Gasteiger partial charge on any atom is 0.255 e. The quantitative estimate of drug-likeness (QED) is 0.757. The Hall–Kier alpha value is -3.35. The minimum Gasteiger partial charge on any atom is -0.507 e. The summed E-state index contributed by atoms with van der Waals surface area (Å²) in [6, 6.07) is 13.2. The Bertz CT molecular complexity index is 889. The molecule has 3 rings (SSSR count). The second-order valence-electron chi connectivity index (χ2n) is 6.82. The molecular weight excluding hydrogens is 358 g/mol. The maximum absolute atomic E-state index is 12.7. The van der Waals surface area contributed by atoms with Crippen molar-refractivity contribution >= 4 is 23.4 Å². The molecular formula is C21H23N3O4. The third-order valence-electron chi connectivity index (χ3n) is 4.70. The zero-order valence-electron chi connectivity index (χ0n) is 15.6. The van der Waals surface area contributed by atoms with Gasteiger partial charge in [0.25, 0.3) is 11.8 Å². The number of carbonyl (C=O) groups is 3. The summed E-state index contributed by atoms with van der Waals surface area (Å²) in [5.41, 5.74) is 1.35. The fraction of sp³-hybridized carbons (Fsp3) is 0.286. The van der Waals surface area contributed by atoms with Crippen molar-refractivity contribution in [2.75, 3.05) is 18.4 Å². The molecule has 1 saturated heterocycles. The first kappa shape index (κ1) is 19.4. The number of nitrogens with one attached hydrogen (secondary N) is 2. The Morgan fingerprint density at radius 2 is 1.75 bits per heavy atom. The molecule has 0 aliphatic carbocycles. The number of carbonyl (C=O) groups excluding carboxylic acids is 3. The van der Waals surface area contributed by atoms with Gasteiger partial charge in [-0.05, 0) is 43.2 Å². The van der Waals surface area contributed by atoms with Crippen molar-refractivity contribution in [3.8, 4) is 5.75 Å². The van der Waals surface area contributed by atoms with Crippen LogP contribution in [0.1, 0.15) is 40.5 Å². The van der Waals surface area contributed by atoms with Crippen molar-refractivity contribution in [2.24, 2.45) is 0 Å². The third kappa shape index (κ3) is 4.68. The number of hydrogen-bond acceptors (Lipinski definition) is 4. The van der Waals surface area contributed by atoms with Gasteiger partial charge < -0.3 is 20.6 Å². The lowest BCUT2D eigenvalue weighted by molar-refractivity contribution is -0.114. The molecule has 0 atom stereocenters. The van der Waals surface area contributed by atoms with E-state index in [1.165, 1.54) is 13.0 Å². The van der Waals surface area contributed by atoms with Gasteiger partial charge in [0.2, 0.25) is 5.91 Å². The largest absolute Gasteiger partial charge is 0.507 e. The van der Waals surface area contributed by atoms with E-state index in [0.29, 0.717) is 37.2 Å². The van der Waals surface area contributed by atoms with E-state index in [0.717, 1.165) is 0 Å². The van der Waals surface area contributed by atoms with E-state index in [4.69, 9.17) is 0 Å². The number of phenolic OH excluding ortho intramolecular Hbond substituents is 1. The lowest BCUT2D eigenvalue weighted by atomic mass is 10.0. The van der Waals surface area contributed by atoms with Crippen molar-refractivity contribution in [1.82, 2.24) is 10.2 Å². The summed E-state index contributed by atoms with van der Waals surface area (Å²) < 4.78 is 0. The molecule has 2 aromatic rings. The number of aromatic hydroxyl groups is 1. The SMILES string of the molecule is CC(=O)Nc1cccc(C(=O)N2CCC(NC(=O)c3ccccc3O)CC2)c1. The first-order valence-corrected chi connectivity index (χ1v) is 9.20. The second-order valence-corrected chi connectivity index (χ2v) is 6.82. The van der Waals surface area contributed by atoms with E-state index < -0.39 is 0 Å². The van der Waals surface area contributed by atoms with E-state index in [2.05, 4.69) is 10.6 Å². The number of hydrogen-bond donors (Lipinski definition) is 3. The summed E-state index contributed by atoms with van der Waals surface area (Å²) in [6.07, 6.45) is 1.27. The zero-order valence-corrected chi connectivity index (χ0v) is 15.6. The molecule has 0 aromatic heterocycles. The number of benzene rings is 2. The van der Waals surface area contributed by atoms with Gasteiger partial charge in [0.1, 0.15) is 5.75 Å². The van der Waals surface area contributed by atoms with Crippen LogP contribution >= 0.6 is 0 Å². The van der Waals surface area contributed by atoms with Crippen LogP contribution in [-0.4, -0.2) is 46.9 Å². The molecule has 28 heavy (non-hydrogen) atoms. The predicted molar refractivity (Wildman–Crippen MR) is 105 cm³/mol. The molecule has 0 saturated carbocycles. The van der Waals surface area contributed by atoms with Gasteiger partial charge >= 0.3 is 0 Å². The summed E-state index contributed by atoms with van der Waals surface area (Å²) in [4.78, 5) is 38.0. The number of phenols is 1. The Morgan fingerprint density at radius 1 is 1.04 bits per heavy atom. The van der Waals surface area contributed by atoms with Crippen LogP contribution in [0.2, 0.25) is 0 Å². The molecule has 0 radical (unpaired) electrons. The standard InChI is InChI=1S/C21H23N3O4/c1-14(25)22-17-6-4-5-15(13-17)21(28)24-11-9-16(10-12-24)23-20(27)18-7-2-3-8-19(18)26/h2-8,13,16,26H,9-12H2,1H3,(H,22,25)(H,23,27). The number of nitrogens with zero attached hydrogens (tertiary/aromatic N) is 1. The van der Waals surface area contributed by atoms with Crippen LogP contribution in [0.4, 0.5) is 5.69 Å². The fourth-order valence-electron chi connectivity index (χ4n) is 3.27. The lowest BCUT2D eigenvalue weighted by Gasteiger charge is -2.32. The van der Waals surface area contributed by atoms with Crippen LogP contribution in [0.3, 0.4) is 0 Å². The summed E-state index contributed by atoms with van der Waals surface area (Å²) in [7, 11) is 0. The Morgan fingerprint density at radius 3 is 2.43 bits per heavy atom. The number of piperidine rings is 1. The molecule has 1 aliphatic rings. The van der Waals surface area contributed by atoms with Gasteiger partial charge in [-0.15, -0.1) is 0 Å². The summed E-state index contributed by atoms with van der Waals surface area (Å²) in [6.45, 7) is 2.46. The molecule has 3 amide bonds. The minimum atomic E-state index is -0.314. The van der Waals surface area contributed by atoms with Crippen molar-refractivity contribution in [3.63, 3.8) is 0 Å². The van der Waals surface area contributed by atoms with E-state index in [9.17, 15) is 19.5 Å². The maximum atomic E-state index is 12.7. The van der Waals surface area contributed by atoms with Crippen molar-refractivity contribution < 1.29 is 19.5 Å². The molecule has 0 unspecified atom stereocenters. The molecule has 0 bridgehead atoms. The van der Waals surface area contributed by atoms with Crippen LogP contribution in [0.15, 0.2) is 48.5 Å². The van der Waals surface area contributed by atoms with Crippen LogP contribution in [0.5, 0.6) is 5.75 Å². The van der Waals surface area contributed by atoms with Gasteiger partial charge in [-0.2, -0.15) is 0 Å². The topological polar surface area (TPSA) is 98.7 Å². The Labute approximate surface area is 163 Å². The van der Waals surface area contributed by atoms with Gasteiger partial charge in [-0.25, -0.2) is 0 Å². The van der Waals surface area contributed by atoms with Gasteiger partial charge in [-0.1, -0.05) is 18.2 Å². The normalized spacial score (nSPS) is 14.4. The van der Waals surface area contributed by atoms with Crippen LogP contribution in [-0.2, 0) is 4.79 Å². The highest BCUT2D eigenvalue weighted by molar-refractivity contribution is 5.97. The highest BCUT2D eigenvalue weighted by Crippen LogP contribution is 2.19. The third-order valence-corrected chi connectivity index (χ3v) is 4.70. The average molecular weight is 381 g/mol. The number of rotatable bonds is 4. The molecule has 3 N–H and O–H groups in total. The molecule has 0 spiro atoms. The van der Waals surface area contributed by atoms with Crippen LogP contribution in [0, 0.1) is 0 Å². The molecule has 2 aromatic carbocycles. The summed E-state index contributed by atoms with van der Waals surface area (Å²) >= 11 is 0. The Kier molecular flexibility index (Phi) is 5.93. The van der Waals surface area contributed by atoms with Crippen molar-refractivity contribution in [1.29, 1.82) is 0 Å². The van der Waals surface area contributed by atoms with Gasteiger partial charge in [-0.3, -0.25) is 14.4 Å². The number of anilines is 1. The molecule has 1 fully saturated rings. The van der Waals surface area contributed by atoms with E-state index in [-0.39, 0.29) is 35.1 Å². The number of para-hydroxylation sites is 1. The van der Waals surface area contributed by atoms with Crippen molar-refractivity contribution in [3.05, 3.63) is 59.7 Å². The average Bonchev–Trinajstić information content (AvgIpc) is 2.68. The van der Waals surface area contributed by atoms with E-state index >= 15 is 0 Å². The molecule has 1 aliphatic heterocycles. The van der Waals surface area contributed by atoms with Crippen LogP contribution < -0.4 is 10.6 Å². The number of likely N-dealkylation sites (tertiary alicyclic amines) is 1. The molecule has 7 heteroatoms. The second kappa shape index (κ2) is 8.56.